The second-order valence-corrected chi connectivity index (χ2v) is 6.43. The second kappa shape index (κ2) is 4.60. The fraction of sp³-hybridized carbons (Fsp3) is 0.929. The summed E-state index contributed by atoms with van der Waals surface area (Å²) in [6, 6.07) is 0.671. The molecule has 0 aromatic rings. The first-order valence-electron chi connectivity index (χ1n) is 7.02. The van der Waals surface area contributed by atoms with Crippen LogP contribution in [0.4, 0.5) is 0 Å². The highest BCUT2D eigenvalue weighted by molar-refractivity contribution is 5.81. The van der Waals surface area contributed by atoms with E-state index >= 15 is 0 Å². The third kappa shape index (κ3) is 2.35. The summed E-state index contributed by atoms with van der Waals surface area (Å²) in [5.74, 6) is 0.162. The predicted molar refractivity (Wildman–Crippen MR) is 69.8 cm³/mol. The minimum atomic E-state index is -0.295. The average Bonchev–Trinajstić information content (AvgIpc) is 2.14. The molecule has 1 atom stereocenters. The lowest BCUT2D eigenvalue weighted by atomic mass is 9.53. The van der Waals surface area contributed by atoms with E-state index in [1.807, 2.05) is 20.8 Å². The van der Waals surface area contributed by atoms with Crippen LogP contribution in [0.1, 0.15) is 52.9 Å². The summed E-state index contributed by atoms with van der Waals surface area (Å²) in [6.45, 7) is 7.53. The van der Waals surface area contributed by atoms with Crippen molar-refractivity contribution in [2.75, 3.05) is 13.1 Å². The Hall–Kier alpha value is -0.570. The van der Waals surface area contributed by atoms with Gasteiger partial charge < -0.3 is 10.6 Å². The van der Waals surface area contributed by atoms with Crippen molar-refractivity contribution in [2.45, 2.75) is 58.9 Å². The SMILES string of the molecule is CCNC(=O)C(C)(C)CNC1CCC12CCC2. The van der Waals surface area contributed by atoms with E-state index in [-0.39, 0.29) is 11.3 Å². The molecular formula is C14H26N2O. The highest BCUT2D eigenvalue weighted by Gasteiger charge is 2.50. The maximum Gasteiger partial charge on any atom is 0.226 e. The van der Waals surface area contributed by atoms with Gasteiger partial charge in [-0.2, -0.15) is 0 Å². The van der Waals surface area contributed by atoms with Crippen molar-refractivity contribution in [3.8, 4) is 0 Å². The Morgan fingerprint density at radius 1 is 1.35 bits per heavy atom. The molecule has 0 aromatic carbocycles. The van der Waals surface area contributed by atoms with Gasteiger partial charge in [0.05, 0.1) is 5.41 Å². The minimum Gasteiger partial charge on any atom is -0.356 e. The summed E-state index contributed by atoms with van der Waals surface area (Å²) >= 11 is 0. The zero-order valence-electron chi connectivity index (χ0n) is 11.4. The number of amides is 1. The van der Waals surface area contributed by atoms with E-state index in [4.69, 9.17) is 0 Å². The molecule has 0 aromatic heterocycles. The van der Waals surface area contributed by atoms with E-state index in [1.54, 1.807) is 0 Å². The van der Waals surface area contributed by atoms with Crippen LogP contribution in [0.5, 0.6) is 0 Å². The quantitative estimate of drug-likeness (QED) is 0.770. The molecule has 3 heteroatoms. The molecule has 17 heavy (non-hydrogen) atoms. The summed E-state index contributed by atoms with van der Waals surface area (Å²) < 4.78 is 0. The Balaban J connectivity index is 1.79. The lowest BCUT2D eigenvalue weighted by Crippen LogP contribution is -2.59. The van der Waals surface area contributed by atoms with E-state index in [9.17, 15) is 4.79 Å². The molecule has 2 aliphatic carbocycles. The van der Waals surface area contributed by atoms with Crippen LogP contribution < -0.4 is 10.6 Å². The average molecular weight is 238 g/mol. The summed E-state index contributed by atoms with van der Waals surface area (Å²) in [5.41, 5.74) is 0.327. The molecule has 1 unspecified atom stereocenters. The summed E-state index contributed by atoms with van der Waals surface area (Å²) in [7, 11) is 0. The number of hydrogen-bond acceptors (Lipinski definition) is 2. The van der Waals surface area contributed by atoms with Crippen LogP contribution in [0.3, 0.4) is 0 Å². The van der Waals surface area contributed by atoms with Crippen molar-refractivity contribution in [3.05, 3.63) is 0 Å². The molecule has 98 valence electrons. The smallest absolute Gasteiger partial charge is 0.226 e. The third-order valence-corrected chi connectivity index (χ3v) is 4.76. The molecule has 0 heterocycles. The highest BCUT2D eigenvalue weighted by Crippen LogP contribution is 2.55. The molecule has 0 bridgehead atoms. The molecule has 1 spiro atoms. The first kappa shape index (κ1) is 12.9. The Bertz CT molecular complexity index is 289. The van der Waals surface area contributed by atoms with E-state index in [2.05, 4.69) is 10.6 Å². The number of nitrogens with one attached hydrogen (secondary N) is 2. The number of carbonyl (C=O) groups is 1. The largest absolute Gasteiger partial charge is 0.356 e. The molecule has 2 N–H and O–H groups in total. The van der Waals surface area contributed by atoms with Gasteiger partial charge in [0.2, 0.25) is 5.91 Å². The first-order chi connectivity index (χ1) is 8.00. The minimum absolute atomic E-state index is 0.162. The van der Waals surface area contributed by atoms with Gasteiger partial charge in [0, 0.05) is 19.1 Å². The Morgan fingerprint density at radius 3 is 2.47 bits per heavy atom. The number of carbonyl (C=O) groups excluding carboxylic acids is 1. The molecule has 2 fully saturated rings. The molecule has 2 saturated carbocycles. The Morgan fingerprint density at radius 2 is 2.06 bits per heavy atom. The van der Waals surface area contributed by atoms with Gasteiger partial charge in [0.1, 0.15) is 0 Å². The fourth-order valence-electron chi connectivity index (χ4n) is 3.10. The molecule has 2 rings (SSSR count). The van der Waals surface area contributed by atoms with E-state index in [0.29, 0.717) is 11.5 Å². The van der Waals surface area contributed by atoms with E-state index in [0.717, 1.165) is 13.1 Å². The molecule has 0 radical (unpaired) electrons. The molecule has 1 amide bonds. The zero-order valence-corrected chi connectivity index (χ0v) is 11.4. The molecule has 0 saturated heterocycles. The first-order valence-corrected chi connectivity index (χ1v) is 7.02. The van der Waals surface area contributed by atoms with Gasteiger partial charge in [-0.15, -0.1) is 0 Å². The fourth-order valence-corrected chi connectivity index (χ4v) is 3.10. The summed E-state index contributed by atoms with van der Waals surface area (Å²) in [5, 5.41) is 6.55. The van der Waals surface area contributed by atoms with Crippen molar-refractivity contribution >= 4 is 5.91 Å². The van der Waals surface area contributed by atoms with Crippen molar-refractivity contribution in [3.63, 3.8) is 0 Å². The van der Waals surface area contributed by atoms with Gasteiger partial charge in [-0.05, 0) is 51.9 Å². The lowest BCUT2D eigenvalue weighted by molar-refractivity contribution is -0.129. The highest BCUT2D eigenvalue weighted by atomic mass is 16.2. The van der Waals surface area contributed by atoms with Crippen LogP contribution in [0.15, 0.2) is 0 Å². The van der Waals surface area contributed by atoms with Crippen molar-refractivity contribution in [2.24, 2.45) is 10.8 Å². The van der Waals surface area contributed by atoms with Crippen molar-refractivity contribution in [1.29, 1.82) is 0 Å². The van der Waals surface area contributed by atoms with E-state index in [1.165, 1.54) is 32.1 Å². The maximum atomic E-state index is 11.9. The van der Waals surface area contributed by atoms with Gasteiger partial charge in [0.15, 0.2) is 0 Å². The van der Waals surface area contributed by atoms with Crippen LogP contribution in [0.25, 0.3) is 0 Å². The summed E-state index contributed by atoms with van der Waals surface area (Å²) in [4.78, 5) is 11.9. The molecule has 2 aliphatic rings. The van der Waals surface area contributed by atoms with Crippen LogP contribution in [0.2, 0.25) is 0 Å². The Kier molecular flexibility index (Phi) is 3.48. The second-order valence-electron chi connectivity index (χ2n) is 6.43. The topological polar surface area (TPSA) is 41.1 Å². The van der Waals surface area contributed by atoms with Crippen LogP contribution in [-0.2, 0) is 4.79 Å². The zero-order chi connectivity index (χ0) is 12.5. The van der Waals surface area contributed by atoms with Gasteiger partial charge in [-0.25, -0.2) is 0 Å². The van der Waals surface area contributed by atoms with Gasteiger partial charge >= 0.3 is 0 Å². The van der Waals surface area contributed by atoms with Gasteiger partial charge in [-0.1, -0.05) is 6.42 Å². The Labute approximate surface area is 105 Å². The van der Waals surface area contributed by atoms with Crippen LogP contribution >= 0.6 is 0 Å². The monoisotopic (exact) mass is 238 g/mol. The standard InChI is InChI=1S/C14H26N2O/c1-4-15-12(17)13(2,3)10-16-11-6-9-14(11)7-5-8-14/h11,16H,4-10H2,1-3H3,(H,15,17). The molecule has 0 aliphatic heterocycles. The molecule has 3 nitrogen and oxygen atoms in total. The van der Waals surface area contributed by atoms with Gasteiger partial charge in [-0.3, -0.25) is 4.79 Å². The van der Waals surface area contributed by atoms with Crippen LogP contribution in [0, 0.1) is 10.8 Å². The third-order valence-electron chi connectivity index (χ3n) is 4.76. The van der Waals surface area contributed by atoms with Gasteiger partial charge in [0.25, 0.3) is 0 Å². The van der Waals surface area contributed by atoms with Crippen molar-refractivity contribution < 1.29 is 4.79 Å². The lowest BCUT2D eigenvalue weighted by Gasteiger charge is -2.57. The number of rotatable bonds is 5. The molecular weight excluding hydrogens is 212 g/mol. The summed E-state index contributed by atoms with van der Waals surface area (Å²) in [6.07, 6.45) is 6.88. The maximum absolute atomic E-state index is 11.9. The normalized spacial score (nSPS) is 26.2. The van der Waals surface area contributed by atoms with Crippen LogP contribution in [-0.4, -0.2) is 25.0 Å². The van der Waals surface area contributed by atoms with E-state index < -0.39 is 0 Å². The predicted octanol–water partition coefficient (Wildman–Crippen LogP) is 2.07. The number of hydrogen-bond donors (Lipinski definition) is 2. The van der Waals surface area contributed by atoms with Crippen molar-refractivity contribution in [1.82, 2.24) is 10.6 Å².